The molecule has 1 unspecified atom stereocenters. The molecule has 0 bridgehead atoms. The van der Waals surface area contributed by atoms with E-state index in [1.807, 2.05) is 0 Å². The molecule has 3 heteroatoms. The highest BCUT2D eigenvalue weighted by molar-refractivity contribution is 6.30. The van der Waals surface area contributed by atoms with Gasteiger partial charge in [-0.25, -0.2) is 4.39 Å². The SMILES string of the molecule is CC(NCc1cc(Cl)ccc1F)C1CCC1. The van der Waals surface area contributed by atoms with E-state index < -0.39 is 0 Å². The van der Waals surface area contributed by atoms with Crippen LogP contribution in [0.1, 0.15) is 31.7 Å². The van der Waals surface area contributed by atoms with Gasteiger partial charge in [0.25, 0.3) is 0 Å². The summed E-state index contributed by atoms with van der Waals surface area (Å²) in [5.74, 6) is 0.583. The smallest absolute Gasteiger partial charge is 0.127 e. The molecule has 2 rings (SSSR count). The summed E-state index contributed by atoms with van der Waals surface area (Å²) in [5, 5.41) is 3.96. The molecule has 1 aromatic rings. The summed E-state index contributed by atoms with van der Waals surface area (Å²) in [5.41, 5.74) is 0.652. The van der Waals surface area contributed by atoms with Gasteiger partial charge in [-0.3, -0.25) is 0 Å². The summed E-state index contributed by atoms with van der Waals surface area (Å²) >= 11 is 5.84. The molecule has 0 heterocycles. The zero-order chi connectivity index (χ0) is 11.5. The maximum atomic E-state index is 13.4. The lowest BCUT2D eigenvalue weighted by Gasteiger charge is -2.32. The molecule has 88 valence electrons. The van der Waals surface area contributed by atoms with E-state index in [0.29, 0.717) is 23.2 Å². The van der Waals surface area contributed by atoms with Crippen molar-refractivity contribution >= 4 is 11.6 Å². The number of halogens is 2. The highest BCUT2D eigenvalue weighted by atomic mass is 35.5. The average molecular weight is 242 g/mol. The van der Waals surface area contributed by atoms with Gasteiger partial charge in [-0.05, 0) is 43.9 Å². The van der Waals surface area contributed by atoms with Crippen LogP contribution in [0, 0.1) is 11.7 Å². The summed E-state index contributed by atoms with van der Waals surface area (Å²) in [7, 11) is 0. The van der Waals surface area contributed by atoms with Crippen LogP contribution < -0.4 is 5.32 Å². The van der Waals surface area contributed by atoms with Gasteiger partial charge in [0.05, 0.1) is 0 Å². The first-order valence-electron chi connectivity index (χ1n) is 5.84. The fourth-order valence-corrected chi connectivity index (χ4v) is 2.25. The van der Waals surface area contributed by atoms with Gasteiger partial charge >= 0.3 is 0 Å². The van der Waals surface area contributed by atoms with Crippen LogP contribution in [0.4, 0.5) is 4.39 Å². The Labute approximate surface area is 101 Å². The third-order valence-corrected chi connectivity index (χ3v) is 3.71. The first-order valence-corrected chi connectivity index (χ1v) is 6.22. The molecule has 0 aromatic heterocycles. The minimum Gasteiger partial charge on any atom is -0.310 e. The van der Waals surface area contributed by atoms with Crippen LogP contribution in [-0.2, 0) is 6.54 Å². The first kappa shape index (κ1) is 11.9. The van der Waals surface area contributed by atoms with Crippen molar-refractivity contribution in [2.24, 2.45) is 5.92 Å². The van der Waals surface area contributed by atoms with Crippen molar-refractivity contribution in [2.75, 3.05) is 0 Å². The second-order valence-corrected chi connectivity index (χ2v) is 5.03. The zero-order valence-corrected chi connectivity index (χ0v) is 10.2. The van der Waals surface area contributed by atoms with E-state index >= 15 is 0 Å². The quantitative estimate of drug-likeness (QED) is 0.847. The van der Waals surface area contributed by atoms with Gasteiger partial charge in [0.15, 0.2) is 0 Å². The van der Waals surface area contributed by atoms with Gasteiger partial charge in [-0.15, -0.1) is 0 Å². The fourth-order valence-electron chi connectivity index (χ4n) is 2.06. The van der Waals surface area contributed by atoms with E-state index in [2.05, 4.69) is 12.2 Å². The number of hydrogen-bond donors (Lipinski definition) is 1. The third kappa shape index (κ3) is 2.74. The highest BCUT2D eigenvalue weighted by Gasteiger charge is 2.23. The van der Waals surface area contributed by atoms with E-state index in [1.165, 1.54) is 25.3 Å². The molecule has 1 aromatic carbocycles. The van der Waals surface area contributed by atoms with Crippen molar-refractivity contribution in [1.82, 2.24) is 5.32 Å². The molecule has 0 aliphatic heterocycles. The molecular formula is C13H17ClFN. The van der Waals surface area contributed by atoms with Crippen molar-refractivity contribution in [2.45, 2.75) is 38.8 Å². The van der Waals surface area contributed by atoms with Crippen LogP contribution in [-0.4, -0.2) is 6.04 Å². The standard InChI is InChI=1S/C13H17ClFN/c1-9(10-3-2-4-10)16-8-11-7-12(14)5-6-13(11)15/h5-7,9-10,16H,2-4,8H2,1H3. The van der Waals surface area contributed by atoms with Crippen LogP contribution in [0.5, 0.6) is 0 Å². The lowest BCUT2D eigenvalue weighted by Crippen LogP contribution is -2.36. The fraction of sp³-hybridized carbons (Fsp3) is 0.538. The van der Waals surface area contributed by atoms with Crippen LogP contribution >= 0.6 is 11.6 Å². The van der Waals surface area contributed by atoms with Gasteiger partial charge < -0.3 is 5.32 Å². The van der Waals surface area contributed by atoms with E-state index in [1.54, 1.807) is 12.1 Å². The van der Waals surface area contributed by atoms with Crippen molar-refractivity contribution < 1.29 is 4.39 Å². The Morgan fingerprint density at radius 3 is 2.88 bits per heavy atom. The van der Waals surface area contributed by atoms with Gasteiger partial charge in [-0.1, -0.05) is 18.0 Å². The molecule has 1 atom stereocenters. The van der Waals surface area contributed by atoms with E-state index in [4.69, 9.17) is 11.6 Å². The Hall–Kier alpha value is -0.600. The molecule has 0 saturated heterocycles. The normalized spacial score (nSPS) is 18.2. The molecule has 16 heavy (non-hydrogen) atoms. The topological polar surface area (TPSA) is 12.0 Å². The number of nitrogens with one attached hydrogen (secondary N) is 1. The summed E-state index contributed by atoms with van der Waals surface area (Å²) in [6, 6.07) is 5.16. The molecule has 1 aliphatic carbocycles. The lowest BCUT2D eigenvalue weighted by molar-refractivity contribution is 0.239. The van der Waals surface area contributed by atoms with Crippen molar-refractivity contribution in [3.63, 3.8) is 0 Å². The Balaban J connectivity index is 1.90. The Kier molecular flexibility index (Phi) is 3.82. The Morgan fingerprint density at radius 2 is 2.25 bits per heavy atom. The third-order valence-electron chi connectivity index (χ3n) is 3.48. The molecule has 1 N–H and O–H groups in total. The van der Waals surface area contributed by atoms with E-state index in [-0.39, 0.29) is 5.82 Å². The van der Waals surface area contributed by atoms with Crippen LogP contribution in [0.2, 0.25) is 5.02 Å². The highest BCUT2D eigenvalue weighted by Crippen LogP contribution is 2.29. The monoisotopic (exact) mass is 241 g/mol. The van der Waals surface area contributed by atoms with Gasteiger partial charge in [0.1, 0.15) is 5.82 Å². The van der Waals surface area contributed by atoms with E-state index in [9.17, 15) is 4.39 Å². The lowest BCUT2D eigenvalue weighted by atomic mass is 9.80. The minimum absolute atomic E-state index is 0.183. The van der Waals surface area contributed by atoms with Gasteiger partial charge in [0, 0.05) is 23.2 Å². The largest absolute Gasteiger partial charge is 0.310 e. The predicted octanol–water partition coefficient (Wildman–Crippen LogP) is 3.76. The van der Waals surface area contributed by atoms with E-state index in [0.717, 1.165) is 5.92 Å². The van der Waals surface area contributed by atoms with Gasteiger partial charge in [-0.2, -0.15) is 0 Å². The second-order valence-electron chi connectivity index (χ2n) is 4.60. The summed E-state index contributed by atoms with van der Waals surface area (Å²) in [6.07, 6.45) is 3.93. The maximum absolute atomic E-state index is 13.4. The summed E-state index contributed by atoms with van der Waals surface area (Å²) in [6.45, 7) is 2.73. The van der Waals surface area contributed by atoms with Crippen molar-refractivity contribution in [3.05, 3.63) is 34.6 Å². The van der Waals surface area contributed by atoms with Crippen molar-refractivity contribution in [1.29, 1.82) is 0 Å². The Morgan fingerprint density at radius 1 is 1.50 bits per heavy atom. The minimum atomic E-state index is -0.183. The molecule has 0 radical (unpaired) electrons. The van der Waals surface area contributed by atoms with Crippen LogP contribution in [0.25, 0.3) is 0 Å². The number of benzene rings is 1. The molecule has 1 saturated carbocycles. The molecule has 0 amide bonds. The molecule has 1 aliphatic rings. The predicted molar refractivity (Wildman–Crippen MR) is 65.1 cm³/mol. The maximum Gasteiger partial charge on any atom is 0.127 e. The first-order chi connectivity index (χ1) is 7.66. The zero-order valence-electron chi connectivity index (χ0n) is 9.47. The number of rotatable bonds is 4. The molecule has 1 nitrogen and oxygen atoms in total. The van der Waals surface area contributed by atoms with Crippen molar-refractivity contribution in [3.8, 4) is 0 Å². The molecular weight excluding hydrogens is 225 g/mol. The average Bonchev–Trinajstić information content (AvgIpc) is 2.17. The number of hydrogen-bond acceptors (Lipinski definition) is 1. The Bertz CT molecular complexity index is 363. The van der Waals surface area contributed by atoms with Crippen LogP contribution in [0.3, 0.4) is 0 Å². The second kappa shape index (κ2) is 5.15. The van der Waals surface area contributed by atoms with Gasteiger partial charge in [0.2, 0.25) is 0 Å². The summed E-state index contributed by atoms with van der Waals surface area (Å²) < 4.78 is 13.4. The van der Waals surface area contributed by atoms with Crippen LogP contribution in [0.15, 0.2) is 18.2 Å². The summed E-state index contributed by atoms with van der Waals surface area (Å²) in [4.78, 5) is 0. The molecule has 1 fully saturated rings. The molecule has 0 spiro atoms.